The van der Waals surface area contributed by atoms with Crippen molar-refractivity contribution < 1.29 is 17.6 Å². The molecule has 0 spiro atoms. The van der Waals surface area contributed by atoms with E-state index in [1.807, 2.05) is 0 Å². The fraction of sp³-hybridized carbons (Fsp3) is 0.188. The molecular formula is C16H16ClFN2O3S2. The van der Waals surface area contributed by atoms with Crippen LogP contribution in [0.15, 0.2) is 52.3 Å². The van der Waals surface area contributed by atoms with Crippen LogP contribution in [0, 0.1) is 5.82 Å². The molecule has 0 atom stereocenters. The van der Waals surface area contributed by atoms with Gasteiger partial charge in [-0.1, -0.05) is 11.6 Å². The van der Waals surface area contributed by atoms with E-state index in [2.05, 4.69) is 5.32 Å². The molecule has 0 saturated heterocycles. The minimum absolute atomic E-state index is 0.0309. The average Bonchev–Trinajstić information content (AvgIpc) is 2.56. The minimum atomic E-state index is -3.63. The first kappa shape index (κ1) is 19.7. The van der Waals surface area contributed by atoms with Crippen LogP contribution in [0.25, 0.3) is 0 Å². The third-order valence-electron chi connectivity index (χ3n) is 3.17. The van der Waals surface area contributed by atoms with Crippen molar-refractivity contribution in [1.82, 2.24) is 4.31 Å². The van der Waals surface area contributed by atoms with Crippen LogP contribution in [0.4, 0.5) is 10.1 Å². The zero-order valence-electron chi connectivity index (χ0n) is 13.5. The predicted molar refractivity (Wildman–Crippen MR) is 98.1 cm³/mol. The van der Waals surface area contributed by atoms with Crippen LogP contribution in [-0.2, 0) is 14.8 Å². The number of carbonyl (C=O) groups excluding carboxylic acids is 1. The molecule has 0 fully saturated rings. The molecule has 0 saturated carbocycles. The van der Waals surface area contributed by atoms with Crippen molar-refractivity contribution in [2.24, 2.45) is 0 Å². The van der Waals surface area contributed by atoms with E-state index in [0.29, 0.717) is 0 Å². The maximum absolute atomic E-state index is 12.9. The Kier molecular flexibility index (Phi) is 6.45. The Hall–Kier alpha value is -1.61. The van der Waals surface area contributed by atoms with Gasteiger partial charge in [-0.3, -0.25) is 4.79 Å². The Balaban J connectivity index is 2.08. The molecule has 0 unspecified atom stereocenters. The molecule has 0 bridgehead atoms. The number of hydrogen-bond acceptors (Lipinski definition) is 4. The summed E-state index contributed by atoms with van der Waals surface area (Å²) in [4.78, 5) is 12.8. The molecule has 25 heavy (non-hydrogen) atoms. The zero-order valence-corrected chi connectivity index (χ0v) is 15.9. The minimum Gasteiger partial charge on any atom is -0.324 e. The number of anilines is 1. The number of nitrogens with one attached hydrogen (secondary N) is 1. The van der Waals surface area contributed by atoms with Crippen LogP contribution in [0.5, 0.6) is 0 Å². The number of hydrogen-bond donors (Lipinski definition) is 1. The molecule has 5 nitrogen and oxygen atoms in total. The Morgan fingerprint density at radius 1 is 1.20 bits per heavy atom. The molecule has 2 rings (SSSR count). The van der Waals surface area contributed by atoms with E-state index >= 15 is 0 Å². The van der Waals surface area contributed by atoms with E-state index in [-0.39, 0.29) is 33.1 Å². The second-order valence-corrected chi connectivity index (χ2v) is 8.83. The Labute approximate surface area is 155 Å². The van der Waals surface area contributed by atoms with E-state index in [1.54, 1.807) is 12.1 Å². The predicted octanol–water partition coefficient (Wildman–Crippen LogP) is 3.46. The smallest absolute Gasteiger partial charge is 0.242 e. The van der Waals surface area contributed by atoms with Crippen LogP contribution in [0.2, 0.25) is 5.02 Å². The van der Waals surface area contributed by atoms with Crippen LogP contribution in [-0.4, -0.2) is 38.5 Å². The molecule has 0 aliphatic carbocycles. The standard InChI is InChI=1S/C16H16ClFN2O3S2/c1-20(2)25(22,23)13-7-8-14(17)15(9-13)19-16(21)10-24-12-5-3-11(18)4-6-12/h3-9H,10H2,1-2H3,(H,19,21). The molecule has 0 heterocycles. The Bertz CT molecular complexity index is 871. The van der Waals surface area contributed by atoms with Crippen molar-refractivity contribution in [3.8, 4) is 0 Å². The van der Waals surface area contributed by atoms with Gasteiger partial charge in [0, 0.05) is 19.0 Å². The van der Waals surface area contributed by atoms with Crippen LogP contribution >= 0.6 is 23.4 Å². The van der Waals surface area contributed by atoms with Gasteiger partial charge in [0.05, 0.1) is 21.4 Å². The van der Waals surface area contributed by atoms with E-state index < -0.39 is 10.0 Å². The molecule has 1 N–H and O–H groups in total. The summed E-state index contributed by atoms with van der Waals surface area (Å²) in [6, 6.07) is 9.88. The number of rotatable bonds is 6. The molecule has 0 radical (unpaired) electrons. The number of halogens is 2. The molecule has 0 aliphatic heterocycles. The third kappa shape index (κ3) is 5.18. The van der Waals surface area contributed by atoms with Gasteiger partial charge in [-0.15, -0.1) is 11.8 Å². The fourth-order valence-electron chi connectivity index (χ4n) is 1.84. The van der Waals surface area contributed by atoms with Crippen molar-refractivity contribution in [3.63, 3.8) is 0 Å². The van der Waals surface area contributed by atoms with Crippen LogP contribution < -0.4 is 5.32 Å². The van der Waals surface area contributed by atoms with Gasteiger partial charge in [-0.2, -0.15) is 0 Å². The second kappa shape index (κ2) is 8.18. The van der Waals surface area contributed by atoms with Gasteiger partial charge >= 0.3 is 0 Å². The SMILES string of the molecule is CN(C)S(=O)(=O)c1ccc(Cl)c(NC(=O)CSc2ccc(F)cc2)c1. The van der Waals surface area contributed by atoms with E-state index in [1.165, 1.54) is 56.2 Å². The van der Waals surface area contributed by atoms with Gasteiger partial charge in [-0.25, -0.2) is 17.1 Å². The van der Waals surface area contributed by atoms with Gasteiger partial charge in [0.15, 0.2) is 0 Å². The largest absolute Gasteiger partial charge is 0.324 e. The Morgan fingerprint density at radius 3 is 2.44 bits per heavy atom. The lowest BCUT2D eigenvalue weighted by molar-refractivity contribution is -0.113. The van der Waals surface area contributed by atoms with Crippen molar-refractivity contribution in [2.45, 2.75) is 9.79 Å². The summed E-state index contributed by atoms with van der Waals surface area (Å²) in [5.41, 5.74) is 0.217. The summed E-state index contributed by atoms with van der Waals surface area (Å²) in [6.45, 7) is 0. The molecule has 0 aromatic heterocycles. The van der Waals surface area contributed by atoms with Gasteiger partial charge in [0.1, 0.15) is 5.82 Å². The number of thioether (sulfide) groups is 1. The first-order chi connectivity index (χ1) is 11.7. The van der Waals surface area contributed by atoms with Gasteiger partial charge in [0.25, 0.3) is 0 Å². The highest BCUT2D eigenvalue weighted by atomic mass is 35.5. The number of nitrogens with zero attached hydrogens (tertiary/aromatic N) is 1. The Morgan fingerprint density at radius 2 is 1.84 bits per heavy atom. The van der Waals surface area contributed by atoms with Gasteiger partial charge < -0.3 is 5.32 Å². The summed E-state index contributed by atoms with van der Waals surface area (Å²) in [5, 5.41) is 2.83. The lowest BCUT2D eigenvalue weighted by atomic mass is 10.3. The topological polar surface area (TPSA) is 66.5 Å². The average molecular weight is 403 g/mol. The quantitative estimate of drug-likeness (QED) is 0.751. The molecule has 134 valence electrons. The molecule has 0 aliphatic rings. The highest BCUT2D eigenvalue weighted by molar-refractivity contribution is 8.00. The lowest BCUT2D eigenvalue weighted by Gasteiger charge is -2.13. The first-order valence-electron chi connectivity index (χ1n) is 7.10. The molecule has 2 aromatic carbocycles. The lowest BCUT2D eigenvalue weighted by Crippen LogP contribution is -2.22. The maximum atomic E-state index is 12.9. The van der Waals surface area contributed by atoms with E-state index in [4.69, 9.17) is 11.6 Å². The summed E-state index contributed by atoms with van der Waals surface area (Å²) in [6.07, 6.45) is 0. The maximum Gasteiger partial charge on any atom is 0.242 e. The van der Waals surface area contributed by atoms with Crippen molar-refractivity contribution in [3.05, 3.63) is 53.3 Å². The third-order valence-corrected chi connectivity index (χ3v) is 6.33. The number of benzene rings is 2. The zero-order chi connectivity index (χ0) is 18.6. The first-order valence-corrected chi connectivity index (χ1v) is 9.91. The highest BCUT2D eigenvalue weighted by Gasteiger charge is 2.19. The van der Waals surface area contributed by atoms with Gasteiger partial charge in [-0.05, 0) is 42.5 Å². The number of sulfonamides is 1. The van der Waals surface area contributed by atoms with Crippen molar-refractivity contribution >= 4 is 45.0 Å². The molecule has 1 amide bonds. The molecule has 9 heteroatoms. The molecular weight excluding hydrogens is 387 g/mol. The number of amides is 1. The van der Waals surface area contributed by atoms with Crippen LogP contribution in [0.3, 0.4) is 0 Å². The molecule has 2 aromatic rings. The number of carbonyl (C=O) groups is 1. The van der Waals surface area contributed by atoms with Crippen molar-refractivity contribution in [1.29, 1.82) is 0 Å². The summed E-state index contributed by atoms with van der Waals surface area (Å²) >= 11 is 7.26. The summed E-state index contributed by atoms with van der Waals surface area (Å²) in [7, 11) is -0.792. The van der Waals surface area contributed by atoms with E-state index in [0.717, 1.165) is 9.20 Å². The van der Waals surface area contributed by atoms with Crippen LogP contribution in [0.1, 0.15) is 0 Å². The highest BCUT2D eigenvalue weighted by Crippen LogP contribution is 2.27. The van der Waals surface area contributed by atoms with Crippen molar-refractivity contribution in [2.75, 3.05) is 25.2 Å². The fourth-order valence-corrected chi connectivity index (χ4v) is 3.63. The summed E-state index contributed by atoms with van der Waals surface area (Å²) < 4.78 is 38.2. The summed E-state index contributed by atoms with van der Waals surface area (Å²) in [5.74, 6) is -0.623. The second-order valence-electron chi connectivity index (χ2n) is 5.22. The monoisotopic (exact) mass is 402 g/mol. The van der Waals surface area contributed by atoms with E-state index in [9.17, 15) is 17.6 Å². The van der Waals surface area contributed by atoms with Gasteiger partial charge in [0.2, 0.25) is 15.9 Å². The normalized spacial score (nSPS) is 11.6.